The summed E-state index contributed by atoms with van der Waals surface area (Å²) in [6.07, 6.45) is 0. The summed E-state index contributed by atoms with van der Waals surface area (Å²) in [6.45, 7) is 10.1. The predicted molar refractivity (Wildman–Crippen MR) is 57.1 cm³/mol. The molecule has 0 aliphatic heterocycles. The Labute approximate surface area is 86.1 Å². The van der Waals surface area contributed by atoms with Crippen LogP contribution >= 0.6 is 0 Å². The summed E-state index contributed by atoms with van der Waals surface area (Å²) in [6, 6.07) is 0. The van der Waals surface area contributed by atoms with Crippen LogP contribution in [0.1, 0.15) is 34.6 Å². The molecule has 4 nitrogen and oxygen atoms in total. The first-order valence-corrected chi connectivity index (χ1v) is 4.88. The zero-order valence-electron chi connectivity index (χ0n) is 9.77. The van der Waals surface area contributed by atoms with Crippen LogP contribution in [0.5, 0.6) is 0 Å². The molecule has 0 aliphatic rings. The lowest BCUT2D eigenvalue weighted by molar-refractivity contribution is -0.118. The third-order valence-corrected chi connectivity index (χ3v) is 2.60. The minimum Gasteiger partial charge on any atom is -0.389 e. The Morgan fingerprint density at radius 3 is 2.07 bits per heavy atom. The van der Waals surface area contributed by atoms with Crippen LogP contribution in [0.2, 0.25) is 0 Å². The predicted octanol–water partition coefficient (Wildman–Crippen LogP) is 0.262. The topological polar surface area (TPSA) is 61.4 Å². The van der Waals surface area contributed by atoms with E-state index in [1.807, 2.05) is 13.8 Å². The van der Waals surface area contributed by atoms with Crippen molar-refractivity contribution in [3.63, 3.8) is 0 Å². The van der Waals surface area contributed by atoms with Crippen LogP contribution in [-0.4, -0.2) is 35.2 Å². The van der Waals surface area contributed by atoms with Gasteiger partial charge in [0.05, 0.1) is 5.60 Å². The molecule has 0 fully saturated rings. The van der Waals surface area contributed by atoms with Crippen LogP contribution in [0, 0.1) is 0 Å². The van der Waals surface area contributed by atoms with E-state index in [9.17, 15) is 9.90 Å². The largest absolute Gasteiger partial charge is 0.389 e. The number of amides is 1. The lowest BCUT2D eigenvalue weighted by atomic mass is 9.86. The number of carbonyl (C=O) groups excluding carboxylic acids is 1. The van der Waals surface area contributed by atoms with Crippen molar-refractivity contribution in [2.75, 3.05) is 13.1 Å². The Morgan fingerprint density at radius 2 is 1.71 bits per heavy atom. The molecule has 0 unspecified atom stereocenters. The molecule has 0 aromatic carbocycles. The number of hydrogen-bond acceptors (Lipinski definition) is 3. The van der Waals surface area contributed by atoms with Crippen LogP contribution in [0.25, 0.3) is 0 Å². The Bertz CT molecular complexity index is 195. The van der Waals surface area contributed by atoms with Crippen molar-refractivity contribution < 1.29 is 9.90 Å². The Hall–Kier alpha value is -0.610. The number of aliphatic hydroxyl groups is 1. The molecule has 1 amide bonds. The molecule has 0 saturated heterocycles. The highest BCUT2D eigenvalue weighted by molar-refractivity contribution is 5.72. The Morgan fingerprint density at radius 1 is 1.21 bits per heavy atom. The molecule has 4 heteroatoms. The molecule has 0 spiro atoms. The second kappa shape index (κ2) is 4.75. The van der Waals surface area contributed by atoms with Gasteiger partial charge in [0, 0.05) is 25.6 Å². The van der Waals surface area contributed by atoms with Gasteiger partial charge in [0.15, 0.2) is 0 Å². The van der Waals surface area contributed by atoms with Crippen molar-refractivity contribution in [1.82, 2.24) is 10.6 Å². The number of hydrogen-bond donors (Lipinski definition) is 3. The number of rotatable bonds is 5. The first-order chi connectivity index (χ1) is 6.17. The molecule has 0 saturated carbocycles. The van der Waals surface area contributed by atoms with Crippen LogP contribution in [0.3, 0.4) is 0 Å². The summed E-state index contributed by atoms with van der Waals surface area (Å²) in [5.41, 5.74) is -1.16. The van der Waals surface area contributed by atoms with E-state index < -0.39 is 5.60 Å². The van der Waals surface area contributed by atoms with E-state index in [2.05, 4.69) is 10.6 Å². The van der Waals surface area contributed by atoms with Gasteiger partial charge in [-0.3, -0.25) is 4.79 Å². The van der Waals surface area contributed by atoms with E-state index in [0.29, 0.717) is 13.1 Å². The van der Waals surface area contributed by atoms with Gasteiger partial charge in [-0.1, -0.05) is 0 Å². The summed E-state index contributed by atoms with van der Waals surface area (Å²) in [7, 11) is 0. The van der Waals surface area contributed by atoms with Crippen LogP contribution in [-0.2, 0) is 4.79 Å². The minimum absolute atomic E-state index is 0.0344. The molecular weight excluding hydrogens is 180 g/mol. The number of nitrogens with one attached hydrogen (secondary N) is 2. The molecule has 0 aromatic rings. The summed E-state index contributed by atoms with van der Waals surface area (Å²) in [5.74, 6) is -0.0344. The molecule has 14 heavy (non-hydrogen) atoms. The summed E-state index contributed by atoms with van der Waals surface area (Å²) >= 11 is 0. The fraction of sp³-hybridized carbons (Fsp3) is 0.900. The summed E-state index contributed by atoms with van der Waals surface area (Å²) in [5, 5.41) is 15.7. The van der Waals surface area contributed by atoms with Gasteiger partial charge in [-0.2, -0.15) is 0 Å². The van der Waals surface area contributed by atoms with Gasteiger partial charge in [0.1, 0.15) is 0 Å². The normalized spacial score (nSPS) is 12.7. The second-order valence-corrected chi connectivity index (χ2v) is 4.59. The second-order valence-electron chi connectivity index (χ2n) is 4.59. The van der Waals surface area contributed by atoms with E-state index in [1.165, 1.54) is 6.92 Å². The highest BCUT2D eigenvalue weighted by atomic mass is 16.3. The van der Waals surface area contributed by atoms with Crippen molar-refractivity contribution in [3.8, 4) is 0 Å². The fourth-order valence-corrected chi connectivity index (χ4v) is 0.830. The SMILES string of the molecule is CC(=O)NCCNC(C)(C)C(C)(C)O. The molecule has 0 bridgehead atoms. The smallest absolute Gasteiger partial charge is 0.216 e. The van der Waals surface area contributed by atoms with E-state index in [4.69, 9.17) is 0 Å². The minimum atomic E-state index is -0.788. The van der Waals surface area contributed by atoms with Gasteiger partial charge in [0.2, 0.25) is 5.91 Å². The van der Waals surface area contributed by atoms with Crippen molar-refractivity contribution in [3.05, 3.63) is 0 Å². The number of carbonyl (C=O) groups is 1. The monoisotopic (exact) mass is 202 g/mol. The van der Waals surface area contributed by atoms with Gasteiger partial charge in [-0.05, 0) is 27.7 Å². The average Bonchev–Trinajstić information content (AvgIpc) is 1.95. The lowest BCUT2D eigenvalue weighted by Crippen LogP contribution is -2.57. The third kappa shape index (κ3) is 4.58. The molecule has 0 aliphatic carbocycles. The van der Waals surface area contributed by atoms with E-state index in [-0.39, 0.29) is 11.4 Å². The summed E-state index contributed by atoms with van der Waals surface area (Å²) in [4.78, 5) is 10.6. The molecule has 0 heterocycles. The van der Waals surface area contributed by atoms with E-state index >= 15 is 0 Å². The lowest BCUT2D eigenvalue weighted by Gasteiger charge is -2.38. The van der Waals surface area contributed by atoms with Gasteiger partial charge in [-0.25, -0.2) is 0 Å². The maximum atomic E-state index is 10.6. The van der Waals surface area contributed by atoms with Gasteiger partial charge in [-0.15, -0.1) is 0 Å². The van der Waals surface area contributed by atoms with Crippen LogP contribution in [0.15, 0.2) is 0 Å². The molecular formula is C10H22N2O2. The molecule has 0 atom stereocenters. The van der Waals surface area contributed by atoms with Crippen LogP contribution < -0.4 is 10.6 Å². The Kier molecular flexibility index (Phi) is 4.55. The highest BCUT2D eigenvalue weighted by Gasteiger charge is 2.33. The molecule has 0 rings (SSSR count). The summed E-state index contributed by atoms with van der Waals surface area (Å²) < 4.78 is 0. The average molecular weight is 202 g/mol. The quantitative estimate of drug-likeness (QED) is 0.560. The first-order valence-electron chi connectivity index (χ1n) is 4.88. The van der Waals surface area contributed by atoms with Crippen molar-refractivity contribution in [2.24, 2.45) is 0 Å². The van der Waals surface area contributed by atoms with Crippen LogP contribution in [0.4, 0.5) is 0 Å². The molecule has 84 valence electrons. The first kappa shape index (κ1) is 13.4. The zero-order chi connectivity index (χ0) is 11.4. The maximum Gasteiger partial charge on any atom is 0.216 e. The van der Waals surface area contributed by atoms with Gasteiger partial charge < -0.3 is 15.7 Å². The third-order valence-electron chi connectivity index (χ3n) is 2.60. The molecule has 0 radical (unpaired) electrons. The van der Waals surface area contributed by atoms with Gasteiger partial charge in [0.25, 0.3) is 0 Å². The molecule has 3 N–H and O–H groups in total. The maximum absolute atomic E-state index is 10.6. The molecule has 0 aromatic heterocycles. The van der Waals surface area contributed by atoms with Crippen molar-refractivity contribution >= 4 is 5.91 Å². The highest BCUT2D eigenvalue weighted by Crippen LogP contribution is 2.19. The fourth-order valence-electron chi connectivity index (χ4n) is 0.830. The van der Waals surface area contributed by atoms with Crippen molar-refractivity contribution in [2.45, 2.75) is 45.8 Å². The van der Waals surface area contributed by atoms with E-state index in [1.54, 1.807) is 13.8 Å². The Balaban J connectivity index is 3.83. The zero-order valence-corrected chi connectivity index (χ0v) is 9.77. The van der Waals surface area contributed by atoms with Crippen molar-refractivity contribution in [1.29, 1.82) is 0 Å². The van der Waals surface area contributed by atoms with Gasteiger partial charge >= 0.3 is 0 Å². The van der Waals surface area contributed by atoms with E-state index in [0.717, 1.165) is 0 Å². The standard InChI is InChI=1S/C10H22N2O2/c1-8(13)11-6-7-12-9(2,3)10(4,5)14/h12,14H,6-7H2,1-5H3,(H,11,13).